The fraction of sp³-hybridized carbons (Fsp3) is 0.300. The molecule has 0 radical (unpaired) electrons. The van der Waals surface area contributed by atoms with Gasteiger partial charge in [0.15, 0.2) is 0 Å². The van der Waals surface area contributed by atoms with Crippen LogP contribution in [0.3, 0.4) is 0 Å². The molecule has 0 saturated carbocycles. The van der Waals surface area contributed by atoms with Gasteiger partial charge in [0, 0.05) is 4.47 Å². The molecular formula is C20H21BrN2O3. The number of amides is 3. The Bertz CT molecular complexity index is 797. The van der Waals surface area contributed by atoms with Gasteiger partial charge in [0.1, 0.15) is 17.9 Å². The number of hydrogen-bond acceptors (Lipinski definition) is 3. The fourth-order valence-corrected chi connectivity index (χ4v) is 3.35. The Morgan fingerprint density at radius 1 is 1.12 bits per heavy atom. The van der Waals surface area contributed by atoms with Crippen molar-refractivity contribution in [1.82, 2.24) is 10.2 Å². The van der Waals surface area contributed by atoms with Gasteiger partial charge < -0.3 is 10.1 Å². The average molecular weight is 417 g/mol. The van der Waals surface area contributed by atoms with Crippen molar-refractivity contribution in [2.75, 3.05) is 13.2 Å². The van der Waals surface area contributed by atoms with Crippen LogP contribution in [0.15, 0.2) is 59.1 Å². The molecule has 5 nitrogen and oxygen atoms in total. The van der Waals surface area contributed by atoms with E-state index in [-0.39, 0.29) is 25.1 Å². The van der Waals surface area contributed by atoms with E-state index in [4.69, 9.17) is 4.74 Å². The first-order valence-electron chi connectivity index (χ1n) is 8.54. The first-order valence-corrected chi connectivity index (χ1v) is 9.34. The Labute approximate surface area is 161 Å². The van der Waals surface area contributed by atoms with Crippen LogP contribution in [0.2, 0.25) is 0 Å². The lowest BCUT2D eigenvalue weighted by molar-refractivity contribution is -0.131. The van der Waals surface area contributed by atoms with Crippen LogP contribution in [0.5, 0.6) is 5.75 Å². The van der Waals surface area contributed by atoms with Gasteiger partial charge in [0.05, 0.1) is 6.54 Å². The predicted octanol–water partition coefficient (Wildman–Crippen LogP) is 3.77. The van der Waals surface area contributed by atoms with Crippen LogP contribution in [-0.4, -0.2) is 35.5 Å². The summed E-state index contributed by atoms with van der Waals surface area (Å²) < 4.78 is 6.55. The number of halogens is 1. The van der Waals surface area contributed by atoms with Gasteiger partial charge in [0.2, 0.25) is 0 Å². The molecular weight excluding hydrogens is 396 g/mol. The number of nitrogens with zero attached hydrogens (tertiary/aromatic N) is 1. The largest absolute Gasteiger partial charge is 0.492 e. The summed E-state index contributed by atoms with van der Waals surface area (Å²) in [6, 6.07) is 17.0. The van der Waals surface area contributed by atoms with Crippen LogP contribution in [-0.2, 0) is 11.2 Å². The second-order valence-corrected chi connectivity index (χ2v) is 7.43. The van der Waals surface area contributed by atoms with Crippen LogP contribution in [0, 0.1) is 0 Å². The fourth-order valence-electron chi connectivity index (χ4n) is 2.97. The summed E-state index contributed by atoms with van der Waals surface area (Å²) in [5.41, 5.74) is 0.273. The van der Waals surface area contributed by atoms with Crippen LogP contribution >= 0.6 is 15.9 Å². The standard InChI is InChI=1S/C20H21BrN2O3/c1-20(11-10-15-6-3-2-4-7-15)18(24)23(19(25)22-20)12-13-26-17-9-5-8-16(21)14-17/h2-9,14H,10-13H2,1H3,(H,22,25)/t20-/m0/s1. The number of benzene rings is 2. The average Bonchev–Trinajstić information content (AvgIpc) is 2.84. The molecule has 1 N–H and O–H groups in total. The smallest absolute Gasteiger partial charge is 0.325 e. The van der Waals surface area contributed by atoms with Gasteiger partial charge in [0.25, 0.3) is 5.91 Å². The van der Waals surface area contributed by atoms with Crippen molar-refractivity contribution in [3.8, 4) is 5.75 Å². The minimum Gasteiger partial charge on any atom is -0.492 e. The molecule has 0 unspecified atom stereocenters. The predicted molar refractivity (Wildman–Crippen MR) is 103 cm³/mol. The molecule has 136 valence electrons. The number of carbonyl (C=O) groups excluding carboxylic acids is 2. The van der Waals surface area contributed by atoms with E-state index in [1.807, 2.05) is 54.6 Å². The van der Waals surface area contributed by atoms with E-state index in [1.54, 1.807) is 6.92 Å². The Kier molecular flexibility index (Phi) is 5.61. The molecule has 6 heteroatoms. The molecule has 1 aliphatic rings. The summed E-state index contributed by atoms with van der Waals surface area (Å²) in [6.45, 7) is 2.26. The number of rotatable bonds is 7. The second kappa shape index (κ2) is 7.91. The molecule has 1 aliphatic heterocycles. The van der Waals surface area contributed by atoms with Crippen molar-refractivity contribution in [2.24, 2.45) is 0 Å². The van der Waals surface area contributed by atoms with E-state index in [9.17, 15) is 9.59 Å². The molecule has 3 rings (SSSR count). The lowest BCUT2D eigenvalue weighted by Gasteiger charge is -2.21. The van der Waals surface area contributed by atoms with Gasteiger partial charge >= 0.3 is 6.03 Å². The monoisotopic (exact) mass is 416 g/mol. The molecule has 0 bridgehead atoms. The lowest BCUT2D eigenvalue weighted by atomic mass is 9.93. The van der Waals surface area contributed by atoms with Gasteiger partial charge in [-0.1, -0.05) is 52.3 Å². The topological polar surface area (TPSA) is 58.6 Å². The molecule has 0 spiro atoms. The normalized spacial score (nSPS) is 19.5. The van der Waals surface area contributed by atoms with E-state index >= 15 is 0 Å². The van der Waals surface area contributed by atoms with Crippen molar-refractivity contribution in [1.29, 1.82) is 0 Å². The number of urea groups is 1. The van der Waals surface area contributed by atoms with Crippen molar-refractivity contribution < 1.29 is 14.3 Å². The number of hydrogen-bond donors (Lipinski definition) is 1. The quantitative estimate of drug-likeness (QED) is 0.698. The third-order valence-corrected chi connectivity index (χ3v) is 4.97. The maximum atomic E-state index is 12.7. The summed E-state index contributed by atoms with van der Waals surface area (Å²) >= 11 is 3.38. The Hall–Kier alpha value is -2.34. The molecule has 1 fully saturated rings. The summed E-state index contributed by atoms with van der Waals surface area (Å²) in [4.78, 5) is 26.2. The highest BCUT2D eigenvalue weighted by Crippen LogP contribution is 2.23. The zero-order chi connectivity index (χ0) is 18.6. The maximum Gasteiger partial charge on any atom is 0.325 e. The van der Waals surface area contributed by atoms with Crippen LogP contribution in [0.1, 0.15) is 18.9 Å². The number of ether oxygens (including phenoxy) is 1. The maximum absolute atomic E-state index is 12.7. The second-order valence-electron chi connectivity index (χ2n) is 6.51. The molecule has 0 aliphatic carbocycles. The molecule has 1 heterocycles. The first-order chi connectivity index (χ1) is 12.5. The van der Waals surface area contributed by atoms with E-state index in [1.165, 1.54) is 4.90 Å². The number of aryl methyl sites for hydroxylation is 1. The molecule has 0 aromatic heterocycles. The van der Waals surface area contributed by atoms with Crippen molar-refractivity contribution in [3.63, 3.8) is 0 Å². The van der Waals surface area contributed by atoms with Crippen molar-refractivity contribution in [3.05, 3.63) is 64.6 Å². The van der Waals surface area contributed by atoms with Crippen LogP contribution in [0.25, 0.3) is 0 Å². The summed E-state index contributed by atoms with van der Waals surface area (Å²) in [7, 11) is 0. The van der Waals surface area contributed by atoms with Gasteiger partial charge in [-0.25, -0.2) is 4.79 Å². The summed E-state index contributed by atoms with van der Waals surface area (Å²) in [5.74, 6) is 0.495. The number of nitrogens with one attached hydrogen (secondary N) is 1. The highest BCUT2D eigenvalue weighted by Gasteiger charge is 2.47. The van der Waals surface area contributed by atoms with Crippen molar-refractivity contribution >= 4 is 27.9 Å². The van der Waals surface area contributed by atoms with Gasteiger partial charge in [-0.15, -0.1) is 0 Å². The Balaban J connectivity index is 1.55. The zero-order valence-corrected chi connectivity index (χ0v) is 16.2. The number of imide groups is 1. The van der Waals surface area contributed by atoms with Crippen LogP contribution < -0.4 is 10.1 Å². The SMILES string of the molecule is C[C@@]1(CCc2ccccc2)NC(=O)N(CCOc2cccc(Br)c2)C1=O. The third kappa shape index (κ3) is 4.25. The highest BCUT2D eigenvalue weighted by atomic mass is 79.9. The van der Waals surface area contributed by atoms with E-state index in [2.05, 4.69) is 21.2 Å². The third-order valence-electron chi connectivity index (χ3n) is 4.48. The van der Waals surface area contributed by atoms with E-state index in [0.717, 1.165) is 16.5 Å². The van der Waals surface area contributed by atoms with E-state index < -0.39 is 5.54 Å². The summed E-state index contributed by atoms with van der Waals surface area (Å²) in [6.07, 6.45) is 1.29. The Morgan fingerprint density at radius 2 is 1.88 bits per heavy atom. The van der Waals surface area contributed by atoms with Gasteiger partial charge in [-0.3, -0.25) is 9.69 Å². The minimum atomic E-state index is -0.872. The van der Waals surface area contributed by atoms with Gasteiger partial charge in [-0.05, 0) is 43.5 Å². The lowest BCUT2D eigenvalue weighted by Crippen LogP contribution is -2.44. The first kappa shape index (κ1) is 18.5. The molecule has 3 amide bonds. The minimum absolute atomic E-state index is 0.198. The molecule has 1 atom stereocenters. The Morgan fingerprint density at radius 3 is 2.62 bits per heavy atom. The highest BCUT2D eigenvalue weighted by molar-refractivity contribution is 9.10. The molecule has 1 saturated heterocycles. The van der Waals surface area contributed by atoms with Gasteiger partial charge in [-0.2, -0.15) is 0 Å². The molecule has 26 heavy (non-hydrogen) atoms. The summed E-state index contributed by atoms with van der Waals surface area (Å²) in [5, 5.41) is 2.83. The van der Waals surface area contributed by atoms with E-state index in [0.29, 0.717) is 12.2 Å². The van der Waals surface area contributed by atoms with Crippen molar-refractivity contribution in [2.45, 2.75) is 25.3 Å². The molecule has 2 aromatic rings. The number of carbonyl (C=O) groups is 2. The molecule has 2 aromatic carbocycles. The van der Waals surface area contributed by atoms with Crippen LogP contribution in [0.4, 0.5) is 4.79 Å². The zero-order valence-electron chi connectivity index (χ0n) is 14.6.